The Labute approximate surface area is 146 Å². The highest BCUT2D eigenvalue weighted by molar-refractivity contribution is 5.90. The van der Waals surface area contributed by atoms with Gasteiger partial charge in [-0.2, -0.15) is 5.26 Å². The van der Waals surface area contributed by atoms with Crippen molar-refractivity contribution in [1.29, 1.82) is 5.26 Å². The predicted molar refractivity (Wildman–Crippen MR) is 92.3 cm³/mol. The quantitative estimate of drug-likeness (QED) is 0.912. The number of primary amides is 1. The van der Waals surface area contributed by atoms with Crippen LogP contribution in [0.1, 0.15) is 34.5 Å². The predicted octanol–water partition coefficient (Wildman–Crippen LogP) is 1.80. The molecule has 0 saturated carbocycles. The van der Waals surface area contributed by atoms with E-state index in [2.05, 4.69) is 21.2 Å². The molecular weight excluding hydrogens is 318 g/mol. The minimum atomic E-state index is -0.575. The van der Waals surface area contributed by atoms with Crippen LogP contribution in [0.15, 0.2) is 30.3 Å². The fourth-order valence-electron chi connectivity index (χ4n) is 2.93. The van der Waals surface area contributed by atoms with Crippen molar-refractivity contribution in [1.82, 2.24) is 10.2 Å². The Balaban J connectivity index is 1.62. The van der Waals surface area contributed by atoms with Crippen molar-refractivity contribution >= 4 is 11.7 Å². The van der Waals surface area contributed by atoms with Gasteiger partial charge in [0.05, 0.1) is 11.6 Å². The molecule has 1 fully saturated rings. The maximum atomic E-state index is 11.2. The number of benzene rings is 1. The minimum Gasteiger partial charge on any atom is -0.490 e. The standard InChI is InChI=1S/C18H19N5O2/c1-12-9-16(17(20)24)21-22-18(12)23-7-5-14(6-8-23)25-15-4-2-3-13(10-15)11-19/h2-4,9-10,14H,5-8H2,1H3,(H2,20,24). The van der Waals surface area contributed by atoms with Crippen LogP contribution in [0, 0.1) is 18.3 Å². The van der Waals surface area contributed by atoms with Crippen LogP contribution in [-0.2, 0) is 0 Å². The second kappa shape index (κ2) is 7.18. The molecule has 7 nitrogen and oxygen atoms in total. The number of nitrogens with two attached hydrogens (primary N) is 1. The largest absolute Gasteiger partial charge is 0.490 e. The van der Waals surface area contributed by atoms with Gasteiger partial charge in [-0.3, -0.25) is 4.79 Å². The summed E-state index contributed by atoms with van der Waals surface area (Å²) in [5.74, 6) is 0.920. The fraction of sp³-hybridized carbons (Fsp3) is 0.333. The third-order valence-corrected chi connectivity index (χ3v) is 4.22. The van der Waals surface area contributed by atoms with Gasteiger partial charge in [0.1, 0.15) is 11.9 Å². The van der Waals surface area contributed by atoms with Gasteiger partial charge >= 0.3 is 0 Å². The van der Waals surface area contributed by atoms with Crippen LogP contribution in [0.25, 0.3) is 0 Å². The number of hydrogen-bond acceptors (Lipinski definition) is 6. The van der Waals surface area contributed by atoms with Crippen molar-refractivity contribution in [3.63, 3.8) is 0 Å². The van der Waals surface area contributed by atoms with Crippen LogP contribution < -0.4 is 15.4 Å². The molecule has 0 aliphatic carbocycles. The van der Waals surface area contributed by atoms with Gasteiger partial charge < -0.3 is 15.4 Å². The summed E-state index contributed by atoms with van der Waals surface area (Å²) in [6.45, 7) is 3.47. The number of piperidine rings is 1. The third kappa shape index (κ3) is 3.86. The number of ether oxygens (including phenoxy) is 1. The zero-order valence-electron chi connectivity index (χ0n) is 14.0. The molecular formula is C18H19N5O2. The molecule has 25 heavy (non-hydrogen) atoms. The van der Waals surface area contributed by atoms with Crippen molar-refractivity contribution in [2.75, 3.05) is 18.0 Å². The molecule has 3 rings (SSSR count). The van der Waals surface area contributed by atoms with Crippen LogP contribution in [-0.4, -0.2) is 35.3 Å². The zero-order chi connectivity index (χ0) is 17.8. The number of aryl methyl sites for hydroxylation is 1. The van der Waals surface area contributed by atoms with Crippen molar-refractivity contribution in [3.8, 4) is 11.8 Å². The normalized spacial score (nSPS) is 14.8. The molecule has 0 spiro atoms. The summed E-state index contributed by atoms with van der Waals surface area (Å²) in [5, 5.41) is 17.0. The lowest BCUT2D eigenvalue weighted by atomic mass is 10.1. The van der Waals surface area contributed by atoms with Gasteiger partial charge in [0.2, 0.25) is 0 Å². The molecule has 1 aromatic carbocycles. The molecule has 0 radical (unpaired) electrons. The molecule has 1 aliphatic rings. The topological polar surface area (TPSA) is 105 Å². The Kier molecular flexibility index (Phi) is 4.80. The molecule has 1 saturated heterocycles. The van der Waals surface area contributed by atoms with Gasteiger partial charge in [-0.05, 0) is 36.8 Å². The van der Waals surface area contributed by atoms with Gasteiger partial charge in [0, 0.05) is 25.9 Å². The molecule has 2 N–H and O–H groups in total. The highest BCUT2D eigenvalue weighted by atomic mass is 16.5. The van der Waals surface area contributed by atoms with Gasteiger partial charge in [-0.1, -0.05) is 6.07 Å². The molecule has 0 atom stereocenters. The molecule has 0 unspecified atom stereocenters. The van der Waals surface area contributed by atoms with E-state index in [4.69, 9.17) is 15.7 Å². The number of carbonyl (C=O) groups is 1. The summed E-state index contributed by atoms with van der Waals surface area (Å²) in [7, 11) is 0. The van der Waals surface area contributed by atoms with Crippen molar-refractivity contribution in [2.24, 2.45) is 5.73 Å². The van der Waals surface area contributed by atoms with Crippen LogP contribution in [0.5, 0.6) is 5.75 Å². The Morgan fingerprint density at radius 3 is 2.72 bits per heavy atom. The van der Waals surface area contributed by atoms with Crippen molar-refractivity contribution < 1.29 is 9.53 Å². The number of nitrogens with zero attached hydrogens (tertiary/aromatic N) is 4. The Hall–Kier alpha value is -3.14. The van der Waals surface area contributed by atoms with Gasteiger partial charge in [-0.15, -0.1) is 10.2 Å². The highest BCUT2D eigenvalue weighted by Crippen LogP contribution is 2.24. The van der Waals surface area contributed by atoms with Gasteiger partial charge in [0.25, 0.3) is 5.91 Å². The minimum absolute atomic E-state index is 0.100. The smallest absolute Gasteiger partial charge is 0.269 e. The van der Waals surface area contributed by atoms with Crippen LogP contribution in [0.3, 0.4) is 0 Å². The third-order valence-electron chi connectivity index (χ3n) is 4.22. The lowest BCUT2D eigenvalue weighted by Gasteiger charge is -2.33. The first-order valence-corrected chi connectivity index (χ1v) is 8.12. The lowest BCUT2D eigenvalue weighted by Crippen LogP contribution is -2.39. The Morgan fingerprint density at radius 1 is 1.32 bits per heavy atom. The molecule has 7 heteroatoms. The second-order valence-corrected chi connectivity index (χ2v) is 6.04. The van der Waals surface area contributed by atoms with Crippen LogP contribution in [0.2, 0.25) is 0 Å². The van der Waals surface area contributed by atoms with E-state index in [1.807, 2.05) is 19.1 Å². The summed E-state index contributed by atoms with van der Waals surface area (Å²) < 4.78 is 5.99. The molecule has 2 aromatic rings. The second-order valence-electron chi connectivity index (χ2n) is 6.04. The summed E-state index contributed by atoms with van der Waals surface area (Å²) >= 11 is 0. The number of nitriles is 1. The number of rotatable bonds is 4. The Bertz CT molecular complexity index is 822. The lowest BCUT2D eigenvalue weighted by molar-refractivity contribution is 0.0994. The first-order valence-electron chi connectivity index (χ1n) is 8.12. The van der Waals surface area contributed by atoms with E-state index in [0.29, 0.717) is 5.56 Å². The molecule has 0 bridgehead atoms. The average molecular weight is 337 g/mol. The number of anilines is 1. The van der Waals surface area contributed by atoms with Crippen LogP contribution in [0.4, 0.5) is 5.82 Å². The fourth-order valence-corrected chi connectivity index (χ4v) is 2.93. The zero-order valence-corrected chi connectivity index (χ0v) is 14.0. The highest BCUT2D eigenvalue weighted by Gasteiger charge is 2.23. The maximum absolute atomic E-state index is 11.2. The van der Waals surface area contributed by atoms with Crippen molar-refractivity contribution in [3.05, 3.63) is 47.2 Å². The summed E-state index contributed by atoms with van der Waals surface area (Å²) in [5.41, 5.74) is 6.88. The molecule has 1 aromatic heterocycles. The molecule has 128 valence electrons. The summed E-state index contributed by atoms with van der Waals surface area (Å²) in [4.78, 5) is 13.3. The molecule has 1 aliphatic heterocycles. The monoisotopic (exact) mass is 337 g/mol. The van der Waals surface area contributed by atoms with Crippen LogP contribution >= 0.6 is 0 Å². The number of hydrogen-bond donors (Lipinski definition) is 1. The van der Waals surface area contributed by atoms with E-state index in [-0.39, 0.29) is 11.8 Å². The van der Waals surface area contributed by atoms with Gasteiger partial charge in [0.15, 0.2) is 11.5 Å². The number of aromatic nitrogens is 2. The number of amides is 1. The van der Waals surface area contributed by atoms with Crippen molar-refractivity contribution in [2.45, 2.75) is 25.9 Å². The summed E-state index contributed by atoms with van der Waals surface area (Å²) in [6.07, 6.45) is 1.79. The van der Waals surface area contributed by atoms with E-state index in [0.717, 1.165) is 43.1 Å². The van der Waals surface area contributed by atoms with Gasteiger partial charge in [-0.25, -0.2) is 0 Å². The molecule has 1 amide bonds. The maximum Gasteiger partial charge on any atom is 0.269 e. The van der Waals surface area contributed by atoms with E-state index < -0.39 is 5.91 Å². The van der Waals surface area contributed by atoms with E-state index in [1.54, 1.807) is 18.2 Å². The average Bonchev–Trinajstić information content (AvgIpc) is 2.62. The number of carbonyl (C=O) groups excluding carboxylic acids is 1. The first kappa shape index (κ1) is 16.7. The molecule has 2 heterocycles. The summed E-state index contributed by atoms with van der Waals surface area (Å²) in [6, 6.07) is 11.0. The van der Waals surface area contributed by atoms with E-state index in [9.17, 15) is 4.79 Å². The van der Waals surface area contributed by atoms with E-state index >= 15 is 0 Å². The van der Waals surface area contributed by atoms with E-state index in [1.165, 1.54) is 0 Å². The SMILES string of the molecule is Cc1cc(C(N)=O)nnc1N1CCC(Oc2cccc(C#N)c2)CC1. The first-order chi connectivity index (χ1) is 12.1. The Morgan fingerprint density at radius 2 is 2.08 bits per heavy atom.